The van der Waals surface area contributed by atoms with E-state index in [1.165, 1.54) is 6.26 Å². The molecule has 2 rings (SSSR count). The second-order valence-electron chi connectivity index (χ2n) is 1.43. The van der Waals surface area contributed by atoms with E-state index in [-0.39, 0.29) is 6.41 Å². The summed E-state index contributed by atoms with van der Waals surface area (Å²) in [6, 6.07) is 0. The molecule has 4 nitrogen and oxygen atoms in total. The van der Waals surface area contributed by atoms with Crippen molar-refractivity contribution in [3.8, 4) is 0 Å². The van der Waals surface area contributed by atoms with Crippen molar-refractivity contribution in [2.24, 2.45) is 5.16 Å². The van der Waals surface area contributed by atoms with Crippen molar-refractivity contribution in [2.45, 2.75) is 6.41 Å². The first-order valence-electron chi connectivity index (χ1n) is 2.19. The third-order valence-corrected chi connectivity index (χ3v) is 0.943. The van der Waals surface area contributed by atoms with Crippen LogP contribution >= 0.6 is 0 Å². The molecule has 2 aliphatic rings. The van der Waals surface area contributed by atoms with Crippen LogP contribution in [0.4, 0.5) is 0 Å². The Hall–Kier alpha value is -1.19. The minimum Gasteiger partial charge on any atom is -0.442 e. The number of rotatable bonds is 0. The fourth-order valence-electron chi connectivity index (χ4n) is 0.576. The van der Waals surface area contributed by atoms with Gasteiger partial charge in [-0.1, -0.05) is 5.16 Å². The summed E-state index contributed by atoms with van der Waals surface area (Å²) < 4.78 is 4.84. The fourth-order valence-corrected chi connectivity index (χ4v) is 0.576. The van der Waals surface area contributed by atoms with Crippen molar-refractivity contribution in [2.75, 3.05) is 0 Å². The van der Waals surface area contributed by atoms with Crippen LogP contribution in [0.1, 0.15) is 0 Å². The molecule has 1 radical (unpaired) electrons. The molecule has 0 aliphatic carbocycles. The van der Waals surface area contributed by atoms with Gasteiger partial charge >= 0.3 is 6.41 Å². The Morgan fingerprint density at radius 3 is 3.62 bits per heavy atom. The first kappa shape index (κ1) is 3.77. The van der Waals surface area contributed by atoms with E-state index in [4.69, 9.17) is 4.74 Å². The van der Waals surface area contributed by atoms with E-state index in [1.807, 2.05) is 0 Å². The van der Waals surface area contributed by atoms with Crippen molar-refractivity contribution < 1.29 is 9.57 Å². The quantitative estimate of drug-likeness (QED) is 0.438. The summed E-state index contributed by atoms with van der Waals surface area (Å²) in [6.45, 7) is 0. The van der Waals surface area contributed by atoms with Crippen LogP contribution in [0, 0.1) is 0 Å². The Kier molecular flexibility index (Phi) is 0.542. The van der Waals surface area contributed by atoms with E-state index in [9.17, 15) is 0 Å². The van der Waals surface area contributed by atoms with Gasteiger partial charge in [0.2, 0.25) is 6.34 Å². The highest BCUT2D eigenvalue weighted by Gasteiger charge is 2.25. The lowest BCUT2D eigenvalue weighted by atomic mass is 10.8. The minimum absolute atomic E-state index is 0.380. The van der Waals surface area contributed by atoms with Gasteiger partial charge < -0.3 is 9.57 Å². The molecule has 0 saturated carbocycles. The Morgan fingerprint density at radius 1 is 1.75 bits per heavy atom. The molecule has 1 unspecified atom stereocenters. The Morgan fingerprint density at radius 2 is 2.75 bits per heavy atom. The van der Waals surface area contributed by atoms with Gasteiger partial charge in [0.05, 0.1) is 0 Å². The molecule has 1 atom stereocenters. The largest absolute Gasteiger partial charge is 0.442 e. The minimum atomic E-state index is -0.380. The molecule has 0 fully saturated rings. The maximum atomic E-state index is 4.84. The molecule has 8 heavy (non-hydrogen) atoms. The lowest BCUT2D eigenvalue weighted by molar-refractivity contribution is -0.121. The molecule has 0 N–H and O–H groups in total. The smallest absolute Gasteiger partial charge is 0.355 e. The van der Waals surface area contributed by atoms with Gasteiger partial charge in [-0.3, -0.25) is 4.90 Å². The van der Waals surface area contributed by atoms with Crippen LogP contribution in [0.15, 0.2) is 17.6 Å². The van der Waals surface area contributed by atoms with Gasteiger partial charge in [0, 0.05) is 6.20 Å². The summed E-state index contributed by atoms with van der Waals surface area (Å²) in [7, 11) is 0. The van der Waals surface area contributed by atoms with Crippen LogP contribution in [0.3, 0.4) is 0 Å². The van der Waals surface area contributed by atoms with E-state index in [0.717, 1.165) is 0 Å². The van der Waals surface area contributed by atoms with Gasteiger partial charge in [-0.05, 0) is 0 Å². The summed E-state index contributed by atoms with van der Waals surface area (Å²) in [5.74, 6) is 0. The summed E-state index contributed by atoms with van der Waals surface area (Å²) >= 11 is 0. The SMILES string of the molecule is [C]1=NOC2OC=CN12. The summed E-state index contributed by atoms with van der Waals surface area (Å²) in [5, 5.41) is 3.37. The zero-order chi connectivity index (χ0) is 5.40. The van der Waals surface area contributed by atoms with Crippen LogP contribution in [-0.4, -0.2) is 17.7 Å². The number of hydrogen-bond acceptors (Lipinski definition) is 4. The third-order valence-electron chi connectivity index (χ3n) is 0.943. The summed E-state index contributed by atoms with van der Waals surface area (Å²) in [6.07, 6.45) is 5.39. The van der Waals surface area contributed by atoms with Crippen molar-refractivity contribution in [3.63, 3.8) is 0 Å². The van der Waals surface area contributed by atoms with Crippen molar-refractivity contribution in [3.05, 3.63) is 12.5 Å². The van der Waals surface area contributed by atoms with E-state index in [2.05, 4.69) is 16.3 Å². The molecule has 0 bridgehead atoms. The van der Waals surface area contributed by atoms with E-state index >= 15 is 0 Å². The van der Waals surface area contributed by atoms with Crippen molar-refractivity contribution in [1.29, 1.82) is 0 Å². The first-order chi connectivity index (χ1) is 3.97. The van der Waals surface area contributed by atoms with Gasteiger partial charge in [-0.15, -0.1) is 0 Å². The van der Waals surface area contributed by atoms with Crippen molar-refractivity contribution >= 4 is 6.34 Å². The number of nitrogens with zero attached hydrogens (tertiary/aromatic N) is 2. The molecule has 2 heterocycles. The van der Waals surface area contributed by atoms with Crippen molar-refractivity contribution in [1.82, 2.24) is 4.90 Å². The molecular weight excluding hydrogens is 108 g/mol. The Bertz CT molecular complexity index is 138. The van der Waals surface area contributed by atoms with Gasteiger partial charge in [-0.2, -0.15) is 0 Å². The van der Waals surface area contributed by atoms with Crippen LogP contribution < -0.4 is 0 Å². The maximum Gasteiger partial charge on any atom is 0.355 e. The van der Waals surface area contributed by atoms with Crippen LogP contribution in [0.2, 0.25) is 0 Å². The molecule has 0 aromatic carbocycles. The van der Waals surface area contributed by atoms with E-state index < -0.39 is 0 Å². The van der Waals surface area contributed by atoms with Gasteiger partial charge in [0.25, 0.3) is 0 Å². The number of fused-ring (bicyclic) bond motifs is 1. The highest BCUT2D eigenvalue weighted by atomic mass is 16.8. The predicted molar refractivity (Wildman–Crippen MR) is 24.4 cm³/mol. The summed E-state index contributed by atoms with van der Waals surface area (Å²) in [5.41, 5.74) is 0. The molecule has 0 aromatic rings. The molecule has 0 aromatic heterocycles. The molecule has 0 amide bonds. The lowest BCUT2D eigenvalue weighted by Gasteiger charge is -2.06. The first-order valence-corrected chi connectivity index (χ1v) is 2.19. The molecule has 2 aliphatic heterocycles. The highest BCUT2D eigenvalue weighted by Crippen LogP contribution is 2.14. The average Bonchev–Trinajstić information content (AvgIpc) is 2.15. The topological polar surface area (TPSA) is 34.1 Å². The van der Waals surface area contributed by atoms with E-state index in [0.29, 0.717) is 0 Å². The third kappa shape index (κ3) is 0.318. The van der Waals surface area contributed by atoms with E-state index in [1.54, 1.807) is 11.1 Å². The number of hydrogen-bond donors (Lipinski definition) is 0. The second kappa shape index (κ2) is 1.15. The average molecular weight is 111 g/mol. The molecule has 4 heteroatoms. The molecule has 0 spiro atoms. The maximum absolute atomic E-state index is 4.84. The van der Waals surface area contributed by atoms with Gasteiger partial charge in [0.1, 0.15) is 6.26 Å². The molecule has 0 saturated heterocycles. The monoisotopic (exact) mass is 111 g/mol. The standard InChI is InChI=1S/C4H3N2O2/c1-2-7-4-6(1)3-5-8-4/h1-2,4H. The normalized spacial score (nSPS) is 30.0. The molecular formula is C4H3N2O2. The number of ether oxygens (including phenoxy) is 1. The van der Waals surface area contributed by atoms with Gasteiger partial charge in [-0.25, -0.2) is 0 Å². The second-order valence-corrected chi connectivity index (χ2v) is 1.43. The Labute approximate surface area is 46.0 Å². The molecule has 41 valence electrons. The van der Waals surface area contributed by atoms with Gasteiger partial charge in [0.15, 0.2) is 0 Å². The van der Waals surface area contributed by atoms with Crippen LogP contribution in [0.5, 0.6) is 0 Å². The zero-order valence-electron chi connectivity index (χ0n) is 3.94. The Balaban J connectivity index is 2.22. The summed E-state index contributed by atoms with van der Waals surface area (Å²) in [4.78, 5) is 6.23. The lowest BCUT2D eigenvalue weighted by Crippen LogP contribution is -2.21. The predicted octanol–water partition coefficient (Wildman–Crippen LogP) is -0.0761. The highest BCUT2D eigenvalue weighted by molar-refractivity contribution is 5.57. The van der Waals surface area contributed by atoms with Crippen LogP contribution in [-0.2, 0) is 9.57 Å². The fraction of sp³-hybridized carbons (Fsp3) is 0.250. The zero-order valence-corrected chi connectivity index (χ0v) is 3.94. The van der Waals surface area contributed by atoms with Crippen LogP contribution in [0.25, 0.3) is 0 Å².